The Hall–Kier alpha value is -2.93. The molecular weight excluding hydrogens is 324 g/mol. The van der Waals surface area contributed by atoms with Crippen LogP contribution in [0.1, 0.15) is 5.56 Å². The highest BCUT2D eigenvalue weighted by Crippen LogP contribution is 2.28. The summed E-state index contributed by atoms with van der Waals surface area (Å²) in [5, 5.41) is 11.5. The van der Waals surface area contributed by atoms with Gasteiger partial charge in [-0.3, -0.25) is 0 Å². The maximum Gasteiger partial charge on any atom is 0.216 e. The number of benzene rings is 2. The largest absolute Gasteiger partial charge is 0.497 e. The predicted molar refractivity (Wildman–Crippen MR) is 95.4 cm³/mol. The van der Waals surface area contributed by atoms with Crippen molar-refractivity contribution in [2.24, 2.45) is 5.10 Å². The summed E-state index contributed by atoms with van der Waals surface area (Å²) < 4.78 is 12.5. The molecule has 1 N–H and O–H groups in total. The second-order valence-corrected chi connectivity index (χ2v) is 5.27. The number of rotatable bonds is 5. The quantitative estimate of drug-likeness (QED) is 0.570. The number of nitrogens with one attached hydrogen (secondary N) is 1. The summed E-state index contributed by atoms with van der Waals surface area (Å²) in [6.45, 7) is 0. The van der Waals surface area contributed by atoms with Crippen molar-refractivity contribution in [2.75, 3.05) is 14.2 Å². The standard InChI is InChI=1S/C17H16N4O2S/c1-22-13-9-7-12(8-10-13)11-18-21-16(19-20-17(21)24)14-5-3-4-6-15(14)23-2/h3-11H,1-2H3,(H,20,24). The summed E-state index contributed by atoms with van der Waals surface area (Å²) in [6.07, 6.45) is 1.71. The topological polar surface area (TPSA) is 64.4 Å². The summed E-state index contributed by atoms with van der Waals surface area (Å²) >= 11 is 5.28. The Kier molecular flexibility index (Phi) is 4.72. The molecular formula is C17H16N4O2S. The average Bonchev–Trinajstić information content (AvgIpc) is 3.00. The number of aromatic amines is 1. The number of nitrogens with zero attached hydrogens (tertiary/aromatic N) is 3. The van der Waals surface area contributed by atoms with Crippen molar-refractivity contribution in [1.29, 1.82) is 0 Å². The number of hydrogen-bond donors (Lipinski definition) is 1. The summed E-state index contributed by atoms with van der Waals surface area (Å²) in [5.41, 5.74) is 1.73. The Labute approximate surface area is 144 Å². The fourth-order valence-electron chi connectivity index (χ4n) is 2.22. The Balaban J connectivity index is 1.98. The lowest BCUT2D eigenvalue weighted by atomic mass is 10.2. The maximum atomic E-state index is 5.39. The van der Waals surface area contributed by atoms with Crippen LogP contribution in [-0.2, 0) is 0 Å². The zero-order chi connectivity index (χ0) is 16.9. The number of aromatic nitrogens is 3. The van der Waals surface area contributed by atoms with Gasteiger partial charge in [0.2, 0.25) is 4.77 Å². The van der Waals surface area contributed by atoms with E-state index in [0.29, 0.717) is 16.3 Å². The highest BCUT2D eigenvalue weighted by Gasteiger charge is 2.12. The highest BCUT2D eigenvalue weighted by atomic mass is 32.1. The average molecular weight is 340 g/mol. The van der Waals surface area contributed by atoms with Crippen molar-refractivity contribution in [3.8, 4) is 22.9 Å². The van der Waals surface area contributed by atoms with Crippen LogP contribution in [0, 0.1) is 4.77 Å². The van der Waals surface area contributed by atoms with Crippen LogP contribution in [0.2, 0.25) is 0 Å². The van der Waals surface area contributed by atoms with Crippen LogP contribution in [0.4, 0.5) is 0 Å². The van der Waals surface area contributed by atoms with Crippen LogP contribution in [0.3, 0.4) is 0 Å². The third kappa shape index (κ3) is 3.21. The molecule has 3 rings (SSSR count). The Bertz CT molecular complexity index is 913. The van der Waals surface area contributed by atoms with Gasteiger partial charge >= 0.3 is 0 Å². The van der Waals surface area contributed by atoms with Crippen LogP contribution < -0.4 is 9.47 Å². The summed E-state index contributed by atoms with van der Waals surface area (Å²) in [6, 6.07) is 15.1. The van der Waals surface area contributed by atoms with Gasteiger partial charge in [-0.25, -0.2) is 5.10 Å². The molecule has 0 amide bonds. The van der Waals surface area contributed by atoms with Gasteiger partial charge in [-0.2, -0.15) is 14.9 Å². The molecule has 24 heavy (non-hydrogen) atoms. The summed E-state index contributed by atoms with van der Waals surface area (Å²) in [7, 11) is 3.25. The molecule has 0 aliphatic heterocycles. The number of para-hydroxylation sites is 1. The highest BCUT2D eigenvalue weighted by molar-refractivity contribution is 7.71. The molecule has 0 aliphatic rings. The van der Waals surface area contributed by atoms with Gasteiger partial charge in [-0.15, -0.1) is 0 Å². The van der Waals surface area contributed by atoms with Crippen molar-refractivity contribution in [3.63, 3.8) is 0 Å². The van der Waals surface area contributed by atoms with Crippen LogP contribution in [-0.4, -0.2) is 35.3 Å². The molecule has 0 unspecified atom stereocenters. The van der Waals surface area contributed by atoms with Gasteiger partial charge in [-0.1, -0.05) is 12.1 Å². The van der Waals surface area contributed by atoms with Crippen molar-refractivity contribution in [3.05, 3.63) is 58.9 Å². The summed E-state index contributed by atoms with van der Waals surface area (Å²) in [4.78, 5) is 0. The van der Waals surface area contributed by atoms with Gasteiger partial charge in [0, 0.05) is 0 Å². The van der Waals surface area contributed by atoms with E-state index in [9.17, 15) is 0 Å². The van der Waals surface area contributed by atoms with Crippen molar-refractivity contribution in [1.82, 2.24) is 14.9 Å². The first-order valence-corrected chi connectivity index (χ1v) is 7.63. The molecule has 2 aromatic carbocycles. The van der Waals surface area contributed by atoms with E-state index in [1.807, 2.05) is 48.5 Å². The molecule has 0 bridgehead atoms. The van der Waals surface area contributed by atoms with E-state index in [1.165, 1.54) is 0 Å². The smallest absolute Gasteiger partial charge is 0.216 e. The van der Waals surface area contributed by atoms with Gasteiger partial charge in [-0.05, 0) is 54.2 Å². The molecule has 122 valence electrons. The molecule has 1 heterocycles. The van der Waals surface area contributed by atoms with Gasteiger partial charge in [0.1, 0.15) is 11.5 Å². The number of hydrogen-bond acceptors (Lipinski definition) is 5. The molecule has 7 heteroatoms. The third-order valence-corrected chi connectivity index (χ3v) is 3.70. The molecule has 0 fully saturated rings. The molecule has 0 atom stereocenters. The normalized spacial score (nSPS) is 10.9. The minimum absolute atomic E-state index is 0.403. The Morgan fingerprint density at radius 2 is 1.83 bits per heavy atom. The summed E-state index contributed by atoms with van der Waals surface area (Å²) in [5.74, 6) is 2.08. The van der Waals surface area contributed by atoms with E-state index < -0.39 is 0 Å². The van der Waals surface area contributed by atoms with Crippen LogP contribution in [0.25, 0.3) is 11.4 Å². The van der Waals surface area contributed by atoms with E-state index in [0.717, 1.165) is 16.9 Å². The zero-order valence-electron chi connectivity index (χ0n) is 13.3. The minimum atomic E-state index is 0.403. The fraction of sp³-hybridized carbons (Fsp3) is 0.118. The molecule has 1 aromatic heterocycles. The first-order valence-electron chi connectivity index (χ1n) is 7.22. The van der Waals surface area contributed by atoms with Gasteiger partial charge in [0.25, 0.3) is 0 Å². The third-order valence-electron chi connectivity index (χ3n) is 3.44. The van der Waals surface area contributed by atoms with Crippen molar-refractivity contribution >= 4 is 18.4 Å². The second-order valence-electron chi connectivity index (χ2n) is 4.88. The van der Waals surface area contributed by atoms with Crippen molar-refractivity contribution < 1.29 is 9.47 Å². The SMILES string of the molecule is COc1ccc(C=Nn2c(-c3ccccc3OC)n[nH]c2=S)cc1. The molecule has 6 nitrogen and oxygen atoms in total. The predicted octanol–water partition coefficient (Wildman–Crippen LogP) is 3.51. The molecule has 3 aromatic rings. The van der Waals surface area contributed by atoms with E-state index in [4.69, 9.17) is 21.7 Å². The van der Waals surface area contributed by atoms with E-state index in [1.54, 1.807) is 25.1 Å². The Morgan fingerprint density at radius 3 is 2.54 bits per heavy atom. The number of methoxy groups -OCH3 is 2. The van der Waals surface area contributed by atoms with E-state index >= 15 is 0 Å². The molecule has 0 radical (unpaired) electrons. The number of ether oxygens (including phenoxy) is 2. The lowest BCUT2D eigenvalue weighted by Crippen LogP contribution is -1.97. The minimum Gasteiger partial charge on any atom is -0.497 e. The lowest BCUT2D eigenvalue weighted by Gasteiger charge is -2.06. The van der Waals surface area contributed by atoms with Gasteiger partial charge < -0.3 is 9.47 Å². The lowest BCUT2D eigenvalue weighted by molar-refractivity contribution is 0.415. The monoisotopic (exact) mass is 340 g/mol. The van der Waals surface area contributed by atoms with Crippen LogP contribution in [0.5, 0.6) is 11.5 Å². The van der Waals surface area contributed by atoms with Crippen LogP contribution in [0.15, 0.2) is 53.6 Å². The van der Waals surface area contributed by atoms with Crippen molar-refractivity contribution in [2.45, 2.75) is 0 Å². The molecule has 0 aliphatic carbocycles. The van der Waals surface area contributed by atoms with Gasteiger partial charge in [0.15, 0.2) is 5.82 Å². The second kappa shape index (κ2) is 7.10. The first-order chi connectivity index (χ1) is 11.7. The van der Waals surface area contributed by atoms with E-state index in [2.05, 4.69) is 15.3 Å². The first kappa shape index (κ1) is 15.9. The maximum absolute atomic E-state index is 5.39. The van der Waals surface area contributed by atoms with E-state index in [-0.39, 0.29) is 0 Å². The Morgan fingerprint density at radius 1 is 1.08 bits per heavy atom. The van der Waals surface area contributed by atoms with Crippen LogP contribution >= 0.6 is 12.2 Å². The zero-order valence-corrected chi connectivity index (χ0v) is 14.1. The fourth-order valence-corrected chi connectivity index (χ4v) is 2.40. The molecule has 0 saturated carbocycles. The van der Waals surface area contributed by atoms with Gasteiger partial charge in [0.05, 0.1) is 26.0 Å². The molecule has 0 saturated heterocycles. The number of H-pyrrole nitrogens is 1. The molecule has 0 spiro atoms.